The molecule has 1 atom stereocenters. The lowest BCUT2D eigenvalue weighted by Gasteiger charge is -2.15. The number of ether oxygens (including phenoxy) is 1. The zero-order chi connectivity index (χ0) is 17.8. The molecule has 25 heavy (non-hydrogen) atoms. The predicted octanol–water partition coefficient (Wildman–Crippen LogP) is 2.52. The standard InChI is InChI=1S/C19H19N3O3/c1-2-25-14-9-8-13-10-16(21-15(13)11-14)19(24)22-17(18(20)23)12-6-4-3-5-7-12/h3-11,17,21H,2H2,1H3,(H2,20,23)(H,22,24). The number of carbonyl (C=O) groups is 2. The van der Waals surface area contributed by atoms with Crippen LogP contribution in [0.25, 0.3) is 10.9 Å². The lowest BCUT2D eigenvalue weighted by molar-refractivity contribution is -0.120. The van der Waals surface area contributed by atoms with E-state index in [0.29, 0.717) is 17.9 Å². The predicted molar refractivity (Wildman–Crippen MR) is 95.3 cm³/mol. The number of aromatic nitrogens is 1. The lowest BCUT2D eigenvalue weighted by Crippen LogP contribution is -2.37. The fourth-order valence-corrected chi connectivity index (χ4v) is 2.66. The summed E-state index contributed by atoms with van der Waals surface area (Å²) in [6.07, 6.45) is 0. The Bertz CT molecular complexity index is 903. The van der Waals surface area contributed by atoms with Crippen LogP contribution in [0.4, 0.5) is 0 Å². The Hall–Kier alpha value is -3.28. The zero-order valence-electron chi connectivity index (χ0n) is 13.8. The van der Waals surface area contributed by atoms with Gasteiger partial charge in [-0.25, -0.2) is 0 Å². The largest absolute Gasteiger partial charge is 0.494 e. The van der Waals surface area contributed by atoms with Crippen molar-refractivity contribution in [1.82, 2.24) is 10.3 Å². The second-order valence-corrected chi connectivity index (χ2v) is 5.58. The van der Waals surface area contributed by atoms with Gasteiger partial charge in [-0.2, -0.15) is 0 Å². The molecule has 0 spiro atoms. The molecular formula is C19H19N3O3. The normalized spacial score (nSPS) is 11.9. The van der Waals surface area contributed by atoms with Crippen LogP contribution < -0.4 is 15.8 Å². The Morgan fingerprint density at radius 1 is 1.16 bits per heavy atom. The average Bonchev–Trinajstić information content (AvgIpc) is 3.03. The Morgan fingerprint density at radius 2 is 1.92 bits per heavy atom. The van der Waals surface area contributed by atoms with E-state index < -0.39 is 17.9 Å². The van der Waals surface area contributed by atoms with Crippen LogP contribution in [-0.4, -0.2) is 23.4 Å². The van der Waals surface area contributed by atoms with Crippen LogP contribution in [0.3, 0.4) is 0 Å². The molecule has 0 radical (unpaired) electrons. The maximum Gasteiger partial charge on any atom is 0.268 e. The van der Waals surface area contributed by atoms with Crippen LogP contribution in [0, 0.1) is 0 Å². The number of carbonyl (C=O) groups excluding carboxylic acids is 2. The van der Waals surface area contributed by atoms with Crippen LogP contribution in [-0.2, 0) is 4.79 Å². The second-order valence-electron chi connectivity index (χ2n) is 5.58. The van der Waals surface area contributed by atoms with E-state index in [1.165, 1.54) is 0 Å². The van der Waals surface area contributed by atoms with Gasteiger partial charge in [-0.15, -0.1) is 0 Å². The van der Waals surface area contributed by atoms with Gasteiger partial charge in [0.1, 0.15) is 17.5 Å². The van der Waals surface area contributed by atoms with E-state index in [1.807, 2.05) is 31.2 Å². The monoisotopic (exact) mass is 337 g/mol. The van der Waals surface area contributed by atoms with Crippen LogP contribution in [0.15, 0.2) is 54.6 Å². The molecule has 0 fully saturated rings. The highest BCUT2D eigenvalue weighted by Gasteiger charge is 2.21. The van der Waals surface area contributed by atoms with Crippen molar-refractivity contribution in [3.05, 3.63) is 65.9 Å². The number of amides is 2. The van der Waals surface area contributed by atoms with Crippen molar-refractivity contribution >= 4 is 22.7 Å². The molecular weight excluding hydrogens is 318 g/mol. The Labute approximate surface area is 145 Å². The number of H-pyrrole nitrogens is 1. The third-order valence-corrected chi connectivity index (χ3v) is 3.84. The highest BCUT2D eigenvalue weighted by molar-refractivity contribution is 6.00. The number of rotatable bonds is 6. The van der Waals surface area contributed by atoms with E-state index >= 15 is 0 Å². The number of primary amides is 1. The summed E-state index contributed by atoms with van der Waals surface area (Å²) in [4.78, 5) is 27.3. The lowest BCUT2D eigenvalue weighted by atomic mass is 10.1. The van der Waals surface area contributed by atoms with Crippen molar-refractivity contribution < 1.29 is 14.3 Å². The molecule has 1 aromatic heterocycles. The van der Waals surface area contributed by atoms with Gasteiger partial charge in [0.15, 0.2) is 0 Å². The maximum absolute atomic E-state index is 12.5. The molecule has 2 amide bonds. The third kappa shape index (κ3) is 3.63. The molecule has 0 saturated heterocycles. The minimum Gasteiger partial charge on any atom is -0.494 e. The summed E-state index contributed by atoms with van der Waals surface area (Å²) in [6.45, 7) is 2.47. The van der Waals surface area contributed by atoms with Crippen molar-refractivity contribution in [2.24, 2.45) is 5.73 Å². The number of nitrogens with two attached hydrogens (primary N) is 1. The first kappa shape index (κ1) is 16.6. The van der Waals surface area contributed by atoms with E-state index in [2.05, 4.69) is 10.3 Å². The maximum atomic E-state index is 12.5. The smallest absolute Gasteiger partial charge is 0.268 e. The summed E-state index contributed by atoms with van der Waals surface area (Å²) in [5.41, 5.74) is 7.22. The molecule has 0 saturated carbocycles. The van der Waals surface area contributed by atoms with Gasteiger partial charge >= 0.3 is 0 Å². The summed E-state index contributed by atoms with van der Waals surface area (Å²) in [5, 5.41) is 3.55. The minimum atomic E-state index is -0.890. The zero-order valence-corrected chi connectivity index (χ0v) is 13.8. The van der Waals surface area contributed by atoms with Crippen LogP contribution in [0.1, 0.15) is 29.0 Å². The quantitative estimate of drug-likeness (QED) is 0.645. The topological polar surface area (TPSA) is 97.2 Å². The first-order valence-corrected chi connectivity index (χ1v) is 7.99. The van der Waals surface area contributed by atoms with Gasteiger partial charge < -0.3 is 20.8 Å². The van der Waals surface area contributed by atoms with Crippen molar-refractivity contribution in [3.63, 3.8) is 0 Å². The number of hydrogen-bond acceptors (Lipinski definition) is 3. The van der Waals surface area contributed by atoms with E-state index in [-0.39, 0.29) is 0 Å². The van der Waals surface area contributed by atoms with Gasteiger partial charge in [-0.3, -0.25) is 9.59 Å². The molecule has 0 aliphatic heterocycles. The molecule has 128 valence electrons. The van der Waals surface area contributed by atoms with Gasteiger partial charge in [0.05, 0.1) is 6.61 Å². The van der Waals surface area contributed by atoms with Gasteiger partial charge in [0, 0.05) is 17.0 Å². The number of nitrogens with one attached hydrogen (secondary N) is 2. The Balaban J connectivity index is 1.84. The van der Waals surface area contributed by atoms with Crippen molar-refractivity contribution in [3.8, 4) is 5.75 Å². The van der Waals surface area contributed by atoms with E-state index in [0.717, 1.165) is 16.7 Å². The van der Waals surface area contributed by atoms with E-state index in [9.17, 15) is 9.59 Å². The van der Waals surface area contributed by atoms with Crippen LogP contribution in [0.2, 0.25) is 0 Å². The number of benzene rings is 2. The van der Waals surface area contributed by atoms with Gasteiger partial charge in [-0.05, 0) is 30.7 Å². The highest BCUT2D eigenvalue weighted by Crippen LogP contribution is 2.22. The average molecular weight is 337 g/mol. The van der Waals surface area contributed by atoms with E-state index in [4.69, 9.17) is 10.5 Å². The number of hydrogen-bond donors (Lipinski definition) is 3. The first-order chi connectivity index (χ1) is 12.1. The molecule has 6 nitrogen and oxygen atoms in total. The fourth-order valence-electron chi connectivity index (χ4n) is 2.66. The Kier molecular flexibility index (Phi) is 4.70. The highest BCUT2D eigenvalue weighted by atomic mass is 16.5. The summed E-state index contributed by atoms with van der Waals surface area (Å²) in [7, 11) is 0. The molecule has 2 aromatic carbocycles. The molecule has 3 rings (SSSR count). The number of fused-ring (bicyclic) bond motifs is 1. The van der Waals surface area contributed by atoms with Crippen LogP contribution in [0.5, 0.6) is 5.75 Å². The summed E-state index contributed by atoms with van der Waals surface area (Å²) < 4.78 is 5.46. The SMILES string of the molecule is CCOc1ccc2cc(C(=O)NC(C(N)=O)c3ccccc3)[nH]c2c1. The fraction of sp³-hybridized carbons (Fsp3) is 0.158. The van der Waals surface area contributed by atoms with Gasteiger partial charge in [0.25, 0.3) is 5.91 Å². The van der Waals surface area contributed by atoms with Gasteiger partial charge in [-0.1, -0.05) is 30.3 Å². The van der Waals surface area contributed by atoms with Crippen molar-refractivity contribution in [2.45, 2.75) is 13.0 Å². The summed E-state index contributed by atoms with van der Waals surface area (Å²) in [6, 6.07) is 15.3. The molecule has 0 bridgehead atoms. The first-order valence-electron chi connectivity index (χ1n) is 7.99. The molecule has 4 N–H and O–H groups in total. The third-order valence-electron chi connectivity index (χ3n) is 3.84. The second kappa shape index (κ2) is 7.09. The van der Waals surface area contributed by atoms with Crippen molar-refractivity contribution in [1.29, 1.82) is 0 Å². The minimum absolute atomic E-state index is 0.353. The summed E-state index contributed by atoms with van der Waals surface area (Å²) >= 11 is 0. The Morgan fingerprint density at radius 3 is 2.60 bits per heavy atom. The molecule has 1 unspecified atom stereocenters. The molecule has 0 aliphatic rings. The van der Waals surface area contributed by atoms with Crippen molar-refractivity contribution in [2.75, 3.05) is 6.61 Å². The molecule has 1 heterocycles. The number of aromatic amines is 1. The van der Waals surface area contributed by atoms with E-state index in [1.54, 1.807) is 30.3 Å². The molecule has 0 aliphatic carbocycles. The molecule has 3 aromatic rings. The van der Waals surface area contributed by atoms with Crippen LogP contribution >= 0.6 is 0 Å². The summed E-state index contributed by atoms with van der Waals surface area (Å²) in [5.74, 6) is -0.292. The molecule has 6 heteroatoms. The van der Waals surface area contributed by atoms with Gasteiger partial charge in [0.2, 0.25) is 5.91 Å².